The van der Waals surface area contributed by atoms with E-state index in [1.54, 1.807) is 0 Å². The summed E-state index contributed by atoms with van der Waals surface area (Å²) >= 11 is 1.05. The van der Waals surface area contributed by atoms with Crippen LogP contribution < -0.4 is 10.1 Å². The highest BCUT2D eigenvalue weighted by Crippen LogP contribution is 2.27. The summed E-state index contributed by atoms with van der Waals surface area (Å²) in [6.45, 7) is 2.84. The molecule has 2 amide bonds. The fraction of sp³-hybridized carbons (Fsp3) is 0.467. The molecule has 1 aliphatic heterocycles. The highest BCUT2D eigenvalue weighted by Gasteiger charge is 2.32. The molecule has 1 fully saturated rings. The first kappa shape index (κ1) is 14.9. The van der Waals surface area contributed by atoms with Crippen molar-refractivity contribution < 1.29 is 14.3 Å². The number of para-hydroxylation sites is 1. The molecule has 0 aromatic heterocycles. The van der Waals surface area contributed by atoms with Crippen molar-refractivity contribution in [3.63, 3.8) is 0 Å². The molecule has 20 heavy (non-hydrogen) atoms. The molecule has 0 aliphatic carbocycles. The molecule has 0 bridgehead atoms. The lowest BCUT2D eigenvalue weighted by Gasteiger charge is -2.12. The van der Waals surface area contributed by atoms with Crippen LogP contribution in [0, 0.1) is 0 Å². The lowest BCUT2D eigenvalue weighted by Crippen LogP contribution is -2.25. The molecule has 0 spiro atoms. The normalized spacial score (nSPS) is 18.1. The Morgan fingerprint density at radius 3 is 2.75 bits per heavy atom. The molecular formula is C15H19NO3S. The summed E-state index contributed by atoms with van der Waals surface area (Å²) in [6.07, 6.45) is 3.86. The number of nitrogens with one attached hydrogen (secondary N) is 1. The van der Waals surface area contributed by atoms with Crippen LogP contribution in [0.2, 0.25) is 0 Å². The van der Waals surface area contributed by atoms with Crippen LogP contribution in [0.25, 0.3) is 0 Å². The van der Waals surface area contributed by atoms with Gasteiger partial charge in [0.25, 0.3) is 5.24 Å². The fourth-order valence-electron chi connectivity index (χ4n) is 2.07. The molecule has 2 rings (SSSR count). The third-order valence-corrected chi connectivity index (χ3v) is 4.13. The van der Waals surface area contributed by atoms with Gasteiger partial charge in [0.1, 0.15) is 5.75 Å². The standard InChI is InChI=1S/C15H19NO3S/c1-2-3-6-9-19-12-8-5-4-7-11(12)10-13-14(17)16-15(18)20-13/h4-5,7-8,13H,2-3,6,9-10H2,1H3,(H,16,17,18)/t13-/m0/s1. The van der Waals surface area contributed by atoms with Crippen LogP contribution in [0.15, 0.2) is 24.3 Å². The molecule has 0 radical (unpaired) electrons. The minimum atomic E-state index is -0.345. The van der Waals surface area contributed by atoms with Crippen molar-refractivity contribution in [1.82, 2.24) is 5.32 Å². The van der Waals surface area contributed by atoms with Crippen molar-refractivity contribution in [3.05, 3.63) is 29.8 Å². The number of unbranched alkanes of at least 4 members (excludes halogenated alkanes) is 2. The topological polar surface area (TPSA) is 55.4 Å². The minimum absolute atomic E-state index is 0.208. The van der Waals surface area contributed by atoms with Gasteiger partial charge in [0.15, 0.2) is 0 Å². The number of amides is 2. The molecular weight excluding hydrogens is 274 g/mol. The van der Waals surface area contributed by atoms with Crippen LogP contribution >= 0.6 is 11.8 Å². The van der Waals surface area contributed by atoms with Gasteiger partial charge in [0, 0.05) is 0 Å². The molecule has 108 valence electrons. The van der Waals surface area contributed by atoms with Crippen LogP contribution in [-0.2, 0) is 11.2 Å². The van der Waals surface area contributed by atoms with Gasteiger partial charge in [-0.1, -0.05) is 49.7 Å². The molecule has 1 aromatic rings. The maximum atomic E-state index is 11.6. The summed E-state index contributed by atoms with van der Waals surface area (Å²) in [5.41, 5.74) is 0.978. The van der Waals surface area contributed by atoms with Crippen molar-refractivity contribution in [3.8, 4) is 5.75 Å². The van der Waals surface area contributed by atoms with E-state index in [9.17, 15) is 9.59 Å². The quantitative estimate of drug-likeness (QED) is 0.785. The summed E-state index contributed by atoms with van der Waals surface area (Å²) in [4.78, 5) is 22.8. The van der Waals surface area contributed by atoms with Crippen LogP contribution in [-0.4, -0.2) is 23.0 Å². The highest BCUT2D eigenvalue weighted by molar-refractivity contribution is 8.15. The van der Waals surface area contributed by atoms with E-state index in [4.69, 9.17) is 4.74 Å². The third-order valence-electron chi connectivity index (χ3n) is 3.15. The number of hydrogen-bond acceptors (Lipinski definition) is 4. The van der Waals surface area contributed by atoms with E-state index in [-0.39, 0.29) is 16.4 Å². The molecule has 1 heterocycles. The number of hydrogen-bond donors (Lipinski definition) is 1. The minimum Gasteiger partial charge on any atom is -0.493 e. The summed E-state index contributed by atoms with van der Waals surface area (Å²) in [7, 11) is 0. The number of benzene rings is 1. The summed E-state index contributed by atoms with van der Waals surface area (Å²) in [5.74, 6) is 0.608. The molecule has 0 saturated carbocycles. The number of carbonyl (C=O) groups excluding carboxylic acids is 2. The Labute approximate surface area is 123 Å². The molecule has 4 nitrogen and oxygen atoms in total. The van der Waals surface area contributed by atoms with Crippen molar-refractivity contribution in [2.75, 3.05) is 6.61 Å². The smallest absolute Gasteiger partial charge is 0.286 e. The van der Waals surface area contributed by atoms with Crippen LogP contribution in [0.4, 0.5) is 4.79 Å². The number of rotatable bonds is 7. The number of imide groups is 1. The second-order valence-electron chi connectivity index (χ2n) is 4.75. The Morgan fingerprint density at radius 2 is 2.05 bits per heavy atom. The maximum Gasteiger partial charge on any atom is 0.286 e. The number of carbonyl (C=O) groups is 2. The molecule has 1 atom stereocenters. The van der Waals surface area contributed by atoms with E-state index in [2.05, 4.69) is 12.2 Å². The first-order chi connectivity index (χ1) is 9.70. The van der Waals surface area contributed by atoms with E-state index >= 15 is 0 Å². The van der Waals surface area contributed by atoms with Crippen LogP contribution in [0.3, 0.4) is 0 Å². The predicted molar refractivity (Wildman–Crippen MR) is 80.1 cm³/mol. The number of ether oxygens (including phenoxy) is 1. The summed E-state index contributed by atoms with van der Waals surface area (Å²) in [6, 6.07) is 7.71. The molecule has 1 saturated heterocycles. The van der Waals surface area contributed by atoms with E-state index in [1.165, 1.54) is 0 Å². The SMILES string of the molecule is CCCCCOc1ccccc1C[C@@H]1SC(=O)NC1=O. The Balaban J connectivity index is 1.97. The highest BCUT2D eigenvalue weighted by atomic mass is 32.2. The summed E-state index contributed by atoms with van der Waals surface area (Å²) in [5, 5.41) is 1.70. The van der Waals surface area contributed by atoms with E-state index in [1.807, 2.05) is 24.3 Å². The average Bonchev–Trinajstić information content (AvgIpc) is 2.75. The second kappa shape index (κ2) is 7.33. The predicted octanol–water partition coefficient (Wildman–Crippen LogP) is 3.15. The zero-order chi connectivity index (χ0) is 14.4. The Kier molecular flexibility index (Phi) is 5.47. The van der Waals surface area contributed by atoms with Gasteiger partial charge < -0.3 is 4.74 Å². The maximum absolute atomic E-state index is 11.6. The number of thioether (sulfide) groups is 1. The Hall–Kier alpha value is -1.49. The lowest BCUT2D eigenvalue weighted by molar-refractivity contribution is -0.118. The van der Waals surface area contributed by atoms with Crippen molar-refractivity contribution in [2.24, 2.45) is 0 Å². The summed E-state index contributed by atoms with van der Waals surface area (Å²) < 4.78 is 5.79. The van der Waals surface area contributed by atoms with Crippen molar-refractivity contribution >= 4 is 22.9 Å². The molecule has 0 unspecified atom stereocenters. The molecule has 1 N–H and O–H groups in total. The van der Waals surface area contributed by atoms with E-state index in [0.29, 0.717) is 13.0 Å². The molecule has 1 aromatic carbocycles. The van der Waals surface area contributed by atoms with Gasteiger partial charge >= 0.3 is 0 Å². The lowest BCUT2D eigenvalue weighted by atomic mass is 10.1. The first-order valence-electron chi connectivity index (χ1n) is 6.93. The largest absolute Gasteiger partial charge is 0.493 e. The zero-order valence-electron chi connectivity index (χ0n) is 11.6. The van der Waals surface area contributed by atoms with Gasteiger partial charge in [-0.2, -0.15) is 0 Å². The Morgan fingerprint density at radius 1 is 1.25 bits per heavy atom. The zero-order valence-corrected chi connectivity index (χ0v) is 12.4. The van der Waals surface area contributed by atoms with Gasteiger partial charge in [0.2, 0.25) is 5.91 Å². The molecule has 5 heteroatoms. The van der Waals surface area contributed by atoms with Gasteiger partial charge in [-0.3, -0.25) is 14.9 Å². The third kappa shape index (κ3) is 4.00. The van der Waals surface area contributed by atoms with Gasteiger partial charge in [-0.25, -0.2) is 0 Å². The van der Waals surface area contributed by atoms with E-state index in [0.717, 1.165) is 42.3 Å². The van der Waals surface area contributed by atoms with Gasteiger partial charge in [-0.05, 0) is 24.5 Å². The second-order valence-corrected chi connectivity index (χ2v) is 5.93. The molecule has 1 aliphatic rings. The van der Waals surface area contributed by atoms with Crippen LogP contribution in [0.5, 0.6) is 5.75 Å². The first-order valence-corrected chi connectivity index (χ1v) is 7.81. The van der Waals surface area contributed by atoms with Gasteiger partial charge in [-0.15, -0.1) is 0 Å². The fourth-order valence-corrected chi connectivity index (χ4v) is 2.92. The van der Waals surface area contributed by atoms with Crippen molar-refractivity contribution in [1.29, 1.82) is 0 Å². The van der Waals surface area contributed by atoms with Crippen LogP contribution in [0.1, 0.15) is 31.7 Å². The van der Waals surface area contributed by atoms with Gasteiger partial charge in [0.05, 0.1) is 11.9 Å². The van der Waals surface area contributed by atoms with E-state index < -0.39 is 0 Å². The van der Waals surface area contributed by atoms with Crippen molar-refractivity contribution in [2.45, 2.75) is 37.9 Å². The average molecular weight is 293 g/mol. The Bertz CT molecular complexity index is 490. The monoisotopic (exact) mass is 293 g/mol.